The Balaban J connectivity index is 2.31. The number of carbonyl (C=O) groups excluding carboxylic acids is 2. The quantitative estimate of drug-likeness (QED) is 0.629. The second kappa shape index (κ2) is 10.6. The zero-order valence-electron chi connectivity index (χ0n) is 16.7. The number of carbonyl (C=O) groups is 2. The largest absolute Gasteiger partial charge is 0.352 e. The molecule has 2 aromatic carbocycles. The van der Waals surface area contributed by atoms with E-state index in [0.717, 1.165) is 5.56 Å². The minimum Gasteiger partial charge on any atom is -0.352 e. The molecule has 0 heterocycles. The lowest BCUT2D eigenvalue weighted by atomic mass is 10.1. The number of rotatable bonds is 8. The minimum absolute atomic E-state index is 0.0304. The molecule has 0 aliphatic rings. The number of halogens is 3. The van der Waals surface area contributed by atoms with Crippen molar-refractivity contribution < 1.29 is 14.0 Å². The Kier molecular flexibility index (Phi) is 8.47. The van der Waals surface area contributed by atoms with Gasteiger partial charge in [0.05, 0.1) is 6.42 Å². The molecule has 0 bridgehead atoms. The Morgan fingerprint density at radius 2 is 1.76 bits per heavy atom. The van der Waals surface area contributed by atoms with Crippen LogP contribution in [0.2, 0.25) is 10.0 Å². The van der Waals surface area contributed by atoms with Crippen LogP contribution in [-0.4, -0.2) is 28.8 Å². The third kappa shape index (κ3) is 6.72. The summed E-state index contributed by atoms with van der Waals surface area (Å²) in [6.45, 7) is 5.77. The van der Waals surface area contributed by atoms with Crippen LogP contribution in [0.1, 0.15) is 38.3 Å². The SMILES string of the molecule is CC[C@H](C(=O)NC(C)C)N(Cc1ccc(F)cc1)C(=O)Cc1ccc(Cl)cc1Cl. The number of nitrogens with zero attached hydrogens (tertiary/aromatic N) is 1. The van der Waals surface area contributed by atoms with E-state index in [2.05, 4.69) is 5.32 Å². The lowest BCUT2D eigenvalue weighted by Crippen LogP contribution is -2.50. The van der Waals surface area contributed by atoms with Gasteiger partial charge in [0.2, 0.25) is 11.8 Å². The molecule has 1 atom stereocenters. The van der Waals surface area contributed by atoms with E-state index in [1.165, 1.54) is 17.0 Å². The molecule has 156 valence electrons. The summed E-state index contributed by atoms with van der Waals surface area (Å²) in [7, 11) is 0. The Morgan fingerprint density at radius 1 is 1.10 bits per heavy atom. The first-order chi connectivity index (χ1) is 13.7. The van der Waals surface area contributed by atoms with E-state index >= 15 is 0 Å². The normalized spacial score (nSPS) is 12.0. The molecule has 0 saturated carbocycles. The van der Waals surface area contributed by atoms with Crippen molar-refractivity contribution in [1.82, 2.24) is 10.2 Å². The van der Waals surface area contributed by atoms with E-state index in [4.69, 9.17) is 23.2 Å². The zero-order chi connectivity index (χ0) is 21.6. The Labute approximate surface area is 181 Å². The fourth-order valence-electron chi connectivity index (χ4n) is 3.02. The Morgan fingerprint density at radius 3 is 2.31 bits per heavy atom. The molecule has 1 N–H and O–H groups in total. The monoisotopic (exact) mass is 438 g/mol. The molecule has 0 unspecified atom stereocenters. The van der Waals surface area contributed by atoms with E-state index in [0.29, 0.717) is 22.0 Å². The second-order valence-electron chi connectivity index (χ2n) is 7.15. The molecule has 2 aromatic rings. The molecular formula is C22H25Cl2FN2O2. The van der Waals surface area contributed by atoms with E-state index in [1.807, 2.05) is 20.8 Å². The number of nitrogens with one attached hydrogen (secondary N) is 1. The predicted molar refractivity (Wildman–Crippen MR) is 114 cm³/mol. The van der Waals surface area contributed by atoms with Gasteiger partial charge in [-0.05, 0) is 55.7 Å². The third-order valence-corrected chi connectivity index (χ3v) is 5.03. The molecule has 7 heteroatoms. The van der Waals surface area contributed by atoms with Crippen molar-refractivity contribution >= 4 is 35.0 Å². The van der Waals surface area contributed by atoms with Gasteiger partial charge in [-0.15, -0.1) is 0 Å². The maximum atomic E-state index is 13.3. The van der Waals surface area contributed by atoms with Gasteiger partial charge in [-0.25, -0.2) is 4.39 Å². The molecule has 2 amide bonds. The highest BCUT2D eigenvalue weighted by Gasteiger charge is 2.29. The van der Waals surface area contributed by atoms with Crippen molar-refractivity contribution in [3.05, 3.63) is 69.5 Å². The van der Waals surface area contributed by atoms with Gasteiger partial charge in [-0.1, -0.05) is 48.3 Å². The first-order valence-electron chi connectivity index (χ1n) is 9.49. The van der Waals surface area contributed by atoms with Gasteiger partial charge >= 0.3 is 0 Å². The molecule has 0 fully saturated rings. The summed E-state index contributed by atoms with van der Waals surface area (Å²) >= 11 is 12.2. The molecule has 0 aliphatic carbocycles. The van der Waals surface area contributed by atoms with E-state index in [-0.39, 0.29) is 36.6 Å². The standard InChI is InChI=1S/C22H25Cl2FN2O2/c1-4-20(22(29)26-14(2)3)27(13-15-5-9-18(25)10-6-15)21(28)11-16-7-8-17(23)12-19(16)24/h5-10,12,14,20H,4,11,13H2,1-3H3,(H,26,29)/t20-/m1/s1. The highest BCUT2D eigenvalue weighted by molar-refractivity contribution is 6.35. The van der Waals surface area contributed by atoms with Crippen LogP contribution in [0.4, 0.5) is 4.39 Å². The van der Waals surface area contributed by atoms with Crippen LogP contribution in [0.15, 0.2) is 42.5 Å². The molecule has 4 nitrogen and oxygen atoms in total. The van der Waals surface area contributed by atoms with Crippen LogP contribution >= 0.6 is 23.2 Å². The van der Waals surface area contributed by atoms with Crippen molar-refractivity contribution in [3.8, 4) is 0 Å². The predicted octanol–water partition coefficient (Wildman–Crippen LogP) is 5.01. The summed E-state index contributed by atoms with van der Waals surface area (Å²) in [6.07, 6.45) is 0.475. The topological polar surface area (TPSA) is 49.4 Å². The summed E-state index contributed by atoms with van der Waals surface area (Å²) in [5.41, 5.74) is 1.36. The summed E-state index contributed by atoms with van der Waals surface area (Å²) in [5, 5.41) is 3.75. The maximum absolute atomic E-state index is 13.3. The van der Waals surface area contributed by atoms with Crippen molar-refractivity contribution in [1.29, 1.82) is 0 Å². The van der Waals surface area contributed by atoms with Crippen molar-refractivity contribution in [2.45, 2.75) is 52.2 Å². The lowest BCUT2D eigenvalue weighted by molar-refractivity contribution is -0.141. The first kappa shape index (κ1) is 23.2. The average molecular weight is 439 g/mol. The van der Waals surface area contributed by atoms with E-state index < -0.39 is 6.04 Å². The molecule has 0 radical (unpaired) electrons. The number of hydrogen-bond donors (Lipinski definition) is 1. The van der Waals surface area contributed by atoms with Crippen molar-refractivity contribution in [3.63, 3.8) is 0 Å². The summed E-state index contributed by atoms with van der Waals surface area (Å²) in [5.74, 6) is -0.825. The van der Waals surface area contributed by atoms with Gasteiger partial charge in [-0.3, -0.25) is 9.59 Å². The fourth-order valence-corrected chi connectivity index (χ4v) is 3.49. The Hall–Kier alpha value is -2.11. The second-order valence-corrected chi connectivity index (χ2v) is 7.99. The van der Waals surface area contributed by atoms with Crippen LogP contribution in [0.3, 0.4) is 0 Å². The molecular weight excluding hydrogens is 414 g/mol. The Bertz CT molecular complexity index is 856. The van der Waals surface area contributed by atoms with Crippen LogP contribution < -0.4 is 5.32 Å². The fraction of sp³-hybridized carbons (Fsp3) is 0.364. The lowest BCUT2D eigenvalue weighted by Gasteiger charge is -2.31. The molecule has 0 aliphatic heterocycles. The van der Waals surface area contributed by atoms with Gasteiger partial charge in [-0.2, -0.15) is 0 Å². The molecule has 2 rings (SSSR count). The van der Waals surface area contributed by atoms with Gasteiger partial charge in [0.15, 0.2) is 0 Å². The molecule has 0 saturated heterocycles. The van der Waals surface area contributed by atoms with Crippen molar-refractivity contribution in [2.24, 2.45) is 0 Å². The highest BCUT2D eigenvalue weighted by atomic mass is 35.5. The van der Waals surface area contributed by atoms with Gasteiger partial charge in [0, 0.05) is 22.6 Å². The third-order valence-electron chi connectivity index (χ3n) is 4.44. The van der Waals surface area contributed by atoms with Gasteiger partial charge in [0.1, 0.15) is 11.9 Å². The zero-order valence-corrected chi connectivity index (χ0v) is 18.2. The van der Waals surface area contributed by atoms with Gasteiger partial charge < -0.3 is 10.2 Å². The molecule has 0 aromatic heterocycles. The smallest absolute Gasteiger partial charge is 0.243 e. The first-order valence-corrected chi connectivity index (χ1v) is 10.2. The van der Waals surface area contributed by atoms with E-state index in [1.54, 1.807) is 30.3 Å². The number of hydrogen-bond acceptors (Lipinski definition) is 2. The van der Waals surface area contributed by atoms with Crippen LogP contribution in [0.25, 0.3) is 0 Å². The summed E-state index contributed by atoms with van der Waals surface area (Å²) < 4.78 is 13.3. The highest BCUT2D eigenvalue weighted by Crippen LogP contribution is 2.23. The summed E-state index contributed by atoms with van der Waals surface area (Å²) in [4.78, 5) is 27.4. The van der Waals surface area contributed by atoms with Crippen LogP contribution in [-0.2, 0) is 22.6 Å². The van der Waals surface area contributed by atoms with Crippen LogP contribution in [0, 0.1) is 5.82 Å². The average Bonchev–Trinajstić information content (AvgIpc) is 2.64. The summed E-state index contributed by atoms with van der Waals surface area (Å²) in [6, 6.07) is 10.1. The van der Waals surface area contributed by atoms with Crippen LogP contribution in [0.5, 0.6) is 0 Å². The molecule has 29 heavy (non-hydrogen) atoms. The van der Waals surface area contributed by atoms with E-state index in [9.17, 15) is 14.0 Å². The minimum atomic E-state index is -0.652. The maximum Gasteiger partial charge on any atom is 0.243 e. The van der Waals surface area contributed by atoms with Gasteiger partial charge in [0.25, 0.3) is 0 Å². The number of benzene rings is 2. The number of amides is 2. The molecule has 0 spiro atoms. The van der Waals surface area contributed by atoms with Crippen molar-refractivity contribution in [2.75, 3.05) is 0 Å².